The summed E-state index contributed by atoms with van der Waals surface area (Å²) in [6.07, 6.45) is 0. The van der Waals surface area contributed by atoms with Crippen molar-refractivity contribution >= 4 is 5.71 Å². The second-order valence-corrected chi connectivity index (χ2v) is 5.56. The molecule has 0 amide bonds. The monoisotopic (exact) mass is 300 g/mol. The highest BCUT2D eigenvalue weighted by atomic mass is 15.1. The van der Waals surface area contributed by atoms with E-state index in [2.05, 4.69) is 77.9 Å². The van der Waals surface area contributed by atoms with Crippen LogP contribution in [-0.2, 0) is 5.41 Å². The molecule has 23 heavy (non-hydrogen) atoms. The Hall–Kier alpha value is -2.87. The van der Waals surface area contributed by atoms with E-state index < -0.39 is 5.41 Å². The summed E-state index contributed by atoms with van der Waals surface area (Å²) in [7, 11) is 0. The molecule has 3 aromatic carbocycles. The van der Waals surface area contributed by atoms with E-state index in [1.807, 2.05) is 25.1 Å². The van der Waals surface area contributed by atoms with Crippen LogP contribution < -0.4 is 5.84 Å². The molecule has 0 aromatic heterocycles. The molecular formula is C21H20N2. The van der Waals surface area contributed by atoms with E-state index >= 15 is 0 Å². The highest BCUT2D eigenvalue weighted by molar-refractivity contribution is 5.99. The number of nitrogens with zero attached hydrogens (tertiary/aromatic N) is 1. The molecule has 0 fully saturated rings. The molecular weight excluding hydrogens is 280 g/mol. The van der Waals surface area contributed by atoms with E-state index in [-0.39, 0.29) is 0 Å². The Bertz CT molecular complexity index is 681. The van der Waals surface area contributed by atoms with E-state index in [1.54, 1.807) is 0 Å². The van der Waals surface area contributed by atoms with Crippen LogP contribution in [0.4, 0.5) is 0 Å². The van der Waals surface area contributed by atoms with Gasteiger partial charge in [0.1, 0.15) is 0 Å². The fourth-order valence-corrected chi connectivity index (χ4v) is 3.29. The molecule has 2 nitrogen and oxygen atoms in total. The molecule has 0 atom stereocenters. The summed E-state index contributed by atoms with van der Waals surface area (Å²) in [5.74, 6) is 5.76. The van der Waals surface area contributed by atoms with Crippen LogP contribution in [0.15, 0.2) is 96.1 Å². The maximum absolute atomic E-state index is 5.76. The summed E-state index contributed by atoms with van der Waals surface area (Å²) in [4.78, 5) is 0. The van der Waals surface area contributed by atoms with Crippen molar-refractivity contribution in [2.45, 2.75) is 12.3 Å². The highest BCUT2D eigenvalue weighted by Gasteiger charge is 2.39. The predicted molar refractivity (Wildman–Crippen MR) is 96.5 cm³/mol. The number of nitrogens with two attached hydrogens (primary N) is 1. The van der Waals surface area contributed by atoms with Gasteiger partial charge in [0.2, 0.25) is 0 Å². The van der Waals surface area contributed by atoms with Gasteiger partial charge in [0.15, 0.2) is 0 Å². The molecule has 3 aromatic rings. The maximum Gasteiger partial charge on any atom is 0.0849 e. The van der Waals surface area contributed by atoms with Crippen molar-refractivity contribution < 1.29 is 0 Å². The van der Waals surface area contributed by atoms with E-state index in [0.29, 0.717) is 0 Å². The summed E-state index contributed by atoms with van der Waals surface area (Å²) < 4.78 is 0. The second-order valence-electron chi connectivity index (χ2n) is 5.56. The maximum atomic E-state index is 5.76. The molecule has 2 N–H and O–H groups in total. The Morgan fingerprint density at radius 3 is 1.22 bits per heavy atom. The first-order chi connectivity index (χ1) is 11.3. The topological polar surface area (TPSA) is 38.4 Å². The van der Waals surface area contributed by atoms with Gasteiger partial charge < -0.3 is 5.84 Å². The summed E-state index contributed by atoms with van der Waals surface area (Å²) >= 11 is 0. The van der Waals surface area contributed by atoms with Crippen LogP contribution in [0.25, 0.3) is 0 Å². The average Bonchev–Trinajstić information content (AvgIpc) is 2.65. The minimum atomic E-state index is -0.488. The third kappa shape index (κ3) is 2.53. The molecule has 3 rings (SSSR count). The Morgan fingerprint density at radius 1 is 0.652 bits per heavy atom. The third-order valence-corrected chi connectivity index (χ3v) is 4.36. The molecule has 2 heteroatoms. The van der Waals surface area contributed by atoms with Crippen LogP contribution in [-0.4, -0.2) is 5.71 Å². The molecule has 114 valence electrons. The lowest BCUT2D eigenvalue weighted by atomic mass is 9.66. The zero-order valence-electron chi connectivity index (χ0n) is 13.2. The Kier molecular flexibility index (Phi) is 4.24. The first kappa shape index (κ1) is 15.0. The molecule has 0 saturated carbocycles. The standard InChI is InChI=1S/C21H20N2/c1-17(23-22)21(18-11-5-2-6-12-18,19-13-7-3-8-14-19)20-15-9-4-10-16-20/h2-16H,22H2,1H3. The number of hydrogen-bond donors (Lipinski definition) is 1. The van der Waals surface area contributed by atoms with Crippen LogP contribution in [0.1, 0.15) is 23.6 Å². The van der Waals surface area contributed by atoms with Crippen LogP contribution in [0.3, 0.4) is 0 Å². The molecule has 0 radical (unpaired) electrons. The lowest BCUT2D eigenvalue weighted by molar-refractivity contribution is 0.815. The minimum Gasteiger partial charge on any atom is -0.323 e. The SMILES string of the molecule is CC(=NN)C(c1ccccc1)(c1ccccc1)c1ccccc1. The van der Waals surface area contributed by atoms with Gasteiger partial charge in [-0.15, -0.1) is 0 Å². The number of hydrazone groups is 1. The first-order valence-corrected chi connectivity index (χ1v) is 7.71. The van der Waals surface area contributed by atoms with E-state index in [0.717, 1.165) is 22.4 Å². The number of rotatable bonds is 4. The van der Waals surface area contributed by atoms with Crippen molar-refractivity contribution in [1.82, 2.24) is 0 Å². The van der Waals surface area contributed by atoms with Crippen molar-refractivity contribution in [2.75, 3.05) is 0 Å². The van der Waals surface area contributed by atoms with Gasteiger partial charge in [-0.05, 0) is 23.6 Å². The normalized spacial score (nSPS) is 12.1. The fourth-order valence-electron chi connectivity index (χ4n) is 3.29. The van der Waals surface area contributed by atoms with E-state index in [9.17, 15) is 0 Å². The van der Waals surface area contributed by atoms with Gasteiger partial charge >= 0.3 is 0 Å². The number of hydrogen-bond acceptors (Lipinski definition) is 2. The summed E-state index contributed by atoms with van der Waals surface area (Å²) in [6, 6.07) is 31.2. The molecule has 0 bridgehead atoms. The van der Waals surface area contributed by atoms with Gasteiger partial charge in [0.05, 0.1) is 11.1 Å². The van der Waals surface area contributed by atoms with Crippen molar-refractivity contribution in [3.05, 3.63) is 108 Å². The van der Waals surface area contributed by atoms with Crippen LogP contribution in [0.5, 0.6) is 0 Å². The van der Waals surface area contributed by atoms with Crippen LogP contribution in [0, 0.1) is 0 Å². The zero-order chi connectivity index (χ0) is 16.1. The fraction of sp³-hybridized carbons (Fsp3) is 0.0952. The van der Waals surface area contributed by atoms with Crippen molar-refractivity contribution in [3.8, 4) is 0 Å². The van der Waals surface area contributed by atoms with Gasteiger partial charge in [-0.25, -0.2) is 0 Å². The van der Waals surface area contributed by atoms with E-state index in [1.165, 1.54) is 0 Å². The largest absolute Gasteiger partial charge is 0.323 e. The quantitative estimate of drug-likeness (QED) is 0.331. The second kappa shape index (κ2) is 6.49. The van der Waals surface area contributed by atoms with Gasteiger partial charge in [0.25, 0.3) is 0 Å². The summed E-state index contributed by atoms with van der Waals surface area (Å²) in [5.41, 5.74) is 3.84. The highest BCUT2D eigenvalue weighted by Crippen LogP contribution is 2.40. The lowest BCUT2D eigenvalue weighted by Crippen LogP contribution is -2.37. The Morgan fingerprint density at radius 2 is 0.957 bits per heavy atom. The minimum absolute atomic E-state index is 0.488. The van der Waals surface area contributed by atoms with Crippen LogP contribution in [0.2, 0.25) is 0 Å². The molecule has 0 aliphatic rings. The summed E-state index contributed by atoms with van der Waals surface area (Å²) in [6.45, 7) is 1.99. The molecule has 0 unspecified atom stereocenters. The molecule has 0 aliphatic heterocycles. The van der Waals surface area contributed by atoms with Gasteiger partial charge in [-0.1, -0.05) is 91.0 Å². The first-order valence-electron chi connectivity index (χ1n) is 7.71. The van der Waals surface area contributed by atoms with Crippen LogP contribution >= 0.6 is 0 Å². The Balaban J connectivity index is 2.41. The predicted octanol–water partition coefficient (Wildman–Crippen LogP) is 4.36. The van der Waals surface area contributed by atoms with Gasteiger partial charge in [0, 0.05) is 0 Å². The van der Waals surface area contributed by atoms with E-state index in [4.69, 9.17) is 5.84 Å². The lowest BCUT2D eigenvalue weighted by Gasteiger charge is -2.35. The van der Waals surface area contributed by atoms with Crippen molar-refractivity contribution in [3.63, 3.8) is 0 Å². The average molecular weight is 300 g/mol. The summed E-state index contributed by atoms with van der Waals surface area (Å²) in [5, 5.41) is 4.11. The van der Waals surface area contributed by atoms with Gasteiger partial charge in [-0.2, -0.15) is 5.10 Å². The molecule has 0 heterocycles. The number of benzene rings is 3. The molecule has 0 aliphatic carbocycles. The Labute approximate surface area is 137 Å². The van der Waals surface area contributed by atoms with Gasteiger partial charge in [-0.3, -0.25) is 0 Å². The van der Waals surface area contributed by atoms with Crippen molar-refractivity contribution in [1.29, 1.82) is 0 Å². The molecule has 0 spiro atoms. The molecule has 0 saturated heterocycles. The zero-order valence-corrected chi connectivity index (χ0v) is 13.2. The van der Waals surface area contributed by atoms with Crippen molar-refractivity contribution in [2.24, 2.45) is 10.9 Å². The third-order valence-electron chi connectivity index (χ3n) is 4.36. The smallest absolute Gasteiger partial charge is 0.0849 e.